The van der Waals surface area contributed by atoms with E-state index >= 15 is 0 Å². The summed E-state index contributed by atoms with van der Waals surface area (Å²) in [6.07, 6.45) is 6.62. The summed E-state index contributed by atoms with van der Waals surface area (Å²) in [5.41, 5.74) is 0. The molecule has 0 spiro atoms. The Hall–Kier alpha value is 0.310. The van der Waals surface area contributed by atoms with Gasteiger partial charge >= 0.3 is 0 Å². The molecule has 0 aromatic carbocycles. The highest BCUT2D eigenvalue weighted by Crippen LogP contribution is 2.03. The van der Waals surface area contributed by atoms with E-state index in [4.69, 9.17) is 4.74 Å². The number of unbranched alkanes of at least 4 members (excludes halogenated alkanes) is 3. The highest BCUT2D eigenvalue weighted by Gasteiger charge is 1.98. The summed E-state index contributed by atoms with van der Waals surface area (Å²) in [5.74, 6) is 0.927. The minimum atomic E-state index is 0.393. The molecule has 0 aromatic rings. The maximum Gasteiger partial charge on any atom is 0.0554 e. The molecule has 0 heterocycles. The predicted molar refractivity (Wildman–Crippen MR) is 58.0 cm³/mol. The number of hydrogen-bond acceptors (Lipinski definition) is 2. The third kappa shape index (κ3) is 8.41. The molecule has 0 rings (SSSR count). The van der Waals surface area contributed by atoms with Crippen LogP contribution in [-0.4, -0.2) is 18.5 Å². The molecular formula is C10H22OS. The molecule has 1 nitrogen and oxygen atoms in total. The van der Waals surface area contributed by atoms with Crippen molar-refractivity contribution in [3.63, 3.8) is 0 Å². The van der Waals surface area contributed by atoms with Crippen molar-refractivity contribution in [3.8, 4) is 0 Å². The molecule has 0 aliphatic carbocycles. The minimum absolute atomic E-state index is 0.393. The highest BCUT2D eigenvalue weighted by molar-refractivity contribution is 7.80. The van der Waals surface area contributed by atoms with Crippen LogP contribution < -0.4 is 0 Å². The molecule has 1 atom stereocenters. The van der Waals surface area contributed by atoms with Gasteiger partial charge in [-0.3, -0.25) is 0 Å². The van der Waals surface area contributed by atoms with Crippen LogP contribution in [0.1, 0.15) is 46.0 Å². The first-order chi connectivity index (χ1) is 5.81. The van der Waals surface area contributed by atoms with Crippen molar-refractivity contribution in [2.75, 3.05) is 12.4 Å². The highest BCUT2D eigenvalue weighted by atomic mass is 32.1. The standard InChI is InChI=1S/C10H22OS/c1-3-4-5-6-8-11-10(2)7-9-12/h10,12H,3-9H2,1-2H3. The van der Waals surface area contributed by atoms with Crippen molar-refractivity contribution in [2.45, 2.75) is 52.1 Å². The van der Waals surface area contributed by atoms with Gasteiger partial charge in [0.2, 0.25) is 0 Å². The van der Waals surface area contributed by atoms with Gasteiger partial charge in [0.05, 0.1) is 6.10 Å². The van der Waals surface area contributed by atoms with Gasteiger partial charge in [-0.25, -0.2) is 0 Å². The molecule has 12 heavy (non-hydrogen) atoms. The smallest absolute Gasteiger partial charge is 0.0554 e. The van der Waals surface area contributed by atoms with Gasteiger partial charge in [0.15, 0.2) is 0 Å². The second-order valence-electron chi connectivity index (χ2n) is 3.25. The van der Waals surface area contributed by atoms with Gasteiger partial charge in [0.1, 0.15) is 0 Å². The first kappa shape index (κ1) is 12.3. The van der Waals surface area contributed by atoms with Crippen LogP contribution in [0.4, 0.5) is 0 Å². The van der Waals surface area contributed by atoms with E-state index in [0.717, 1.165) is 18.8 Å². The van der Waals surface area contributed by atoms with Crippen molar-refractivity contribution < 1.29 is 4.74 Å². The quantitative estimate of drug-likeness (QED) is 0.456. The first-order valence-electron chi connectivity index (χ1n) is 5.03. The summed E-state index contributed by atoms with van der Waals surface area (Å²) in [7, 11) is 0. The number of rotatable bonds is 8. The van der Waals surface area contributed by atoms with Crippen molar-refractivity contribution >= 4 is 12.6 Å². The summed E-state index contributed by atoms with van der Waals surface area (Å²) in [5, 5.41) is 0. The largest absolute Gasteiger partial charge is 0.378 e. The Balaban J connectivity index is 2.97. The fourth-order valence-electron chi connectivity index (χ4n) is 1.08. The molecule has 0 bridgehead atoms. The average molecular weight is 190 g/mol. The van der Waals surface area contributed by atoms with Gasteiger partial charge in [-0.2, -0.15) is 12.6 Å². The van der Waals surface area contributed by atoms with Gasteiger partial charge < -0.3 is 4.74 Å². The molecule has 74 valence electrons. The molecule has 2 heteroatoms. The number of hydrogen-bond donors (Lipinski definition) is 1. The van der Waals surface area contributed by atoms with Gasteiger partial charge in [0, 0.05) is 6.61 Å². The molecule has 0 saturated carbocycles. The zero-order chi connectivity index (χ0) is 9.23. The lowest BCUT2D eigenvalue weighted by atomic mass is 10.2. The molecule has 0 aliphatic rings. The van der Waals surface area contributed by atoms with Crippen LogP contribution >= 0.6 is 12.6 Å². The summed E-state index contributed by atoms with van der Waals surface area (Å²) in [6.45, 7) is 5.27. The molecule has 0 N–H and O–H groups in total. The van der Waals surface area contributed by atoms with Crippen LogP contribution in [0.3, 0.4) is 0 Å². The Bertz CT molecular complexity index is 85.9. The molecule has 0 radical (unpaired) electrons. The first-order valence-corrected chi connectivity index (χ1v) is 5.67. The molecule has 0 aliphatic heterocycles. The molecule has 1 unspecified atom stereocenters. The minimum Gasteiger partial charge on any atom is -0.378 e. The van der Waals surface area contributed by atoms with Gasteiger partial charge in [-0.1, -0.05) is 26.2 Å². The molecular weight excluding hydrogens is 168 g/mol. The molecule has 0 fully saturated rings. The normalized spacial score (nSPS) is 13.2. The van der Waals surface area contributed by atoms with Gasteiger partial charge in [0.25, 0.3) is 0 Å². The van der Waals surface area contributed by atoms with Crippen molar-refractivity contribution in [2.24, 2.45) is 0 Å². The van der Waals surface area contributed by atoms with Gasteiger partial charge in [-0.15, -0.1) is 0 Å². The Morgan fingerprint density at radius 2 is 2.00 bits per heavy atom. The van der Waals surface area contributed by atoms with Crippen LogP contribution in [-0.2, 0) is 4.74 Å². The van der Waals surface area contributed by atoms with E-state index in [9.17, 15) is 0 Å². The second kappa shape index (κ2) is 9.40. The SMILES string of the molecule is CCCCCCOC(C)CCS. The van der Waals surface area contributed by atoms with E-state index in [0.29, 0.717) is 6.10 Å². The van der Waals surface area contributed by atoms with E-state index in [1.165, 1.54) is 25.7 Å². The van der Waals surface area contributed by atoms with Crippen molar-refractivity contribution in [1.82, 2.24) is 0 Å². The number of ether oxygens (including phenoxy) is 1. The van der Waals surface area contributed by atoms with Crippen LogP contribution in [0.15, 0.2) is 0 Å². The van der Waals surface area contributed by atoms with E-state index in [2.05, 4.69) is 26.5 Å². The Morgan fingerprint density at radius 1 is 1.25 bits per heavy atom. The molecule has 0 saturated heterocycles. The zero-order valence-corrected chi connectivity index (χ0v) is 9.28. The number of thiol groups is 1. The van der Waals surface area contributed by atoms with E-state index < -0.39 is 0 Å². The third-order valence-corrected chi connectivity index (χ3v) is 2.19. The second-order valence-corrected chi connectivity index (χ2v) is 3.70. The predicted octanol–water partition coefficient (Wildman–Crippen LogP) is 3.29. The topological polar surface area (TPSA) is 9.23 Å². The Labute approximate surface area is 82.3 Å². The fourth-order valence-corrected chi connectivity index (χ4v) is 1.44. The Morgan fingerprint density at radius 3 is 2.58 bits per heavy atom. The lowest BCUT2D eigenvalue weighted by Crippen LogP contribution is -2.09. The lowest BCUT2D eigenvalue weighted by molar-refractivity contribution is 0.0617. The molecule has 0 amide bonds. The average Bonchev–Trinajstić information content (AvgIpc) is 2.05. The summed E-state index contributed by atoms with van der Waals surface area (Å²) >= 11 is 4.16. The van der Waals surface area contributed by atoms with Crippen LogP contribution in [0.2, 0.25) is 0 Å². The van der Waals surface area contributed by atoms with Gasteiger partial charge in [-0.05, 0) is 25.5 Å². The van der Waals surface area contributed by atoms with Crippen LogP contribution in [0.5, 0.6) is 0 Å². The monoisotopic (exact) mass is 190 g/mol. The summed E-state index contributed by atoms with van der Waals surface area (Å²) < 4.78 is 5.58. The lowest BCUT2D eigenvalue weighted by Gasteiger charge is -2.10. The third-order valence-electron chi connectivity index (χ3n) is 1.94. The van der Waals surface area contributed by atoms with Crippen LogP contribution in [0, 0.1) is 0 Å². The summed E-state index contributed by atoms with van der Waals surface area (Å²) in [4.78, 5) is 0. The van der Waals surface area contributed by atoms with Crippen molar-refractivity contribution in [3.05, 3.63) is 0 Å². The maximum absolute atomic E-state index is 5.58. The van der Waals surface area contributed by atoms with E-state index in [1.807, 2.05) is 0 Å². The zero-order valence-electron chi connectivity index (χ0n) is 8.38. The van der Waals surface area contributed by atoms with Crippen LogP contribution in [0.25, 0.3) is 0 Å². The van der Waals surface area contributed by atoms with E-state index in [-0.39, 0.29) is 0 Å². The Kier molecular flexibility index (Phi) is 9.64. The van der Waals surface area contributed by atoms with Crippen molar-refractivity contribution in [1.29, 1.82) is 0 Å². The summed E-state index contributed by atoms with van der Waals surface area (Å²) in [6, 6.07) is 0. The maximum atomic E-state index is 5.58. The fraction of sp³-hybridized carbons (Fsp3) is 1.00. The molecule has 0 aromatic heterocycles. The van der Waals surface area contributed by atoms with E-state index in [1.54, 1.807) is 0 Å².